The molecule has 0 aliphatic heterocycles. The second kappa shape index (κ2) is 6.33. The Labute approximate surface area is 169 Å². The Kier molecular flexibility index (Phi) is 4.15. The number of carbonyl (C=O) groups excluding carboxylic acids is 1. The van der Waals surface area contributed by atoms with Crippen LogP contribution in [0.25, 0.3) is 11.0 Å². The first-order valence-electron chi connectivity index (χ1n) is 10.4. The van der Waals surface area contributed by atoms with Gasteiger partial charge in [0.25, 0.3) is 0 Å². The zero-order valence-electron chi connectivity index (χ0n) is 16.0. The van der Waals surface area contributed by atoms with Gasteiger partial charge < -0.3 is 4.57 Å². The molecule has 144 valence electrons. The van der Waals surface area contributed by atoms with Crippen LogP contribution in [-0.4, -0.2) is 19.8 Å². The Morgan fingerprint density at radius 3 is 2.70 bits per heavy atom. The molecule has 4 aliphatic carbocycles. The van der Waals surface area contributed by atoms with E-state index in [1.54, 1.807) is 0 Å². The monoisotopic (exact) mass is 429 g/mol. The van der Waals surface area contributed by atoms with Gasteiger partial charge in [-0.05, 0) is 74.3 Å². The number of halogens is 1. The predicted octanol–water partition coefficient (Wildman–Crippen LogP) is 5.51. The molecule has 1 aromatic carbocycles. The van der Waals surface area contributed by atoms with E-state index >= 15 is 0 Å². The fourth-order valence-electron chi connectivity index (χ4n) is 6.67. The lowest BCUT2D eigenvalue weighted by Crippen LogP contribution is -2.53. The molecular weight excluding hydrogens is 402 g/mol. The van der Waals surface area contributed by atoms with E-state index in [0.717, 1.165) is 42.3 Å². The summed E-state index contributed by atoms with van der Waals surface area (Å²) in [6, 6.07) is 8.14. The fraction of sp³-hybridized carbons (Fsp3) is 0.636. The molecule has 0 radical (unpaired) electrons. The highest BCUT2D eigenvalue weighted by molar-refractivity contribution is 9.10. The maximum absolute atomic E-state index is 13.1. The van der Waals surface area contributed by atoms with Crippen LogP contribution in [0.3, 0.4) is 0 Å². The highest BCUT2D eigenvalue weighted by Crippen LogP contribution is 2.65. The van der Waals surface area contributed by atoms with Crippen LogP contribution in [0, 0.1) is 17.3 Å². The van der Waals surface area contributed by atoms with Crippen LogP contribution in [0.1, 0.15) is 58.3 Å². The second-order valence-corrected chi connectivity index (χ2v) is 11.1. The van der Waals surface area contributed by atoms with Crippen molar-refractivity contribution in [3.63, 3.8) is 0 Å². The minimum Gasteiger partial charge on any atom is -0.310 e. The van der Waals surface area contributed by atoms with Crippen molar-refractivity contribution in [1.29, 1.82) is 0 Å². The number of alkyl halides is 1. The van der Waals surface area contributed by atoms with E-state index in [-0.39, 0.29) is 11.3 Å². The lowest BCUT2D eigenvalue weighted by atomic mass is 9.48. The van der Waals surface area contributed by atoms with Crippen molar-refractivity contribution < 1.29 is 4.79 Å². The predicted molar refractivity (Wildman–Crippen MR) is 112 cm³/mol. The molecule has 2 aromatic rings. The number of imidazole rings is 1. The summed E-state index contributed by atoms with van der Waals surface area (Å²) in [6.07, 6.45) is 9.27. The molecule has 4 saturated carbocycles. The van der Waals surface area contributed by atoms with Crippen LogP contribution in [-0.2, 0) is 11.3 Å². The van der Waals surface area contributed by atoms with E-state index in [0.29, 0.717) is 16.7 Å². The van der Waals surface area contributed by atoms with Gasteiger partial charge in [0.05, 0.1) is 11.0 Å². The van der Waals surface area contributed by atoms with Crippen molar-refractivity contribution in [3.05, 3.63) is 24.3 Å². The average molecular weight is 430 g/mol. The maximum Gasteiger partial charge on any atom is 0.227 e. The number of nitrogens with one attached hydrogen (secondary N) is 1. The molecule has 27 heavy (non-hydrogen) atoms. The van der Waals surface area contributed by atoms with Crippen LogP contribution in [0.4, 0.5) is 5.95 Å². The highest BCUT2D eigenvalue weighted by Gasteiger charge is 2.57. The maximum atomic E-state index is 13.1. The zero-order valence-corrected chi connectivity index (χ0v) is 17.6. The van der Waals surface area contributed by atoms with Gasteiger partial charge in [0.2, 0.25) is 11.9 Å². The van der Waals surface area contributed by atoms with Gasteiger partial charge in [0, 0.05) is 17.3 Å². The largest absolute Gasteiger partial charge is 0.310 e. The molecule has 0 spiro atoms. The molecule has 4 bridgehead atoms. The summed E-state index contributed by atoms with van der Waals surface area (Å²) in [5.41, 5.74) is 2.25. The van der Waals surface area contributed by atoms with Gasteiger partial charge in [-0.3, -0.25) is 10.1 Å². The summed E-state index contributed by atoms with van der Waals surface area (Å²) in [5, 5.41) is 3.17. The van der Waals surface area contributed by atoms with E-state index in [2.05, 4.69) is 38.8 Å². The van der Waals surface area contributed by atoms with E-state index in [1.807, 2.05) is 18.2 Å². The third-order valence-corrected chi connectivity index (χ3v) is 7.93. The smallest absolute Gasteiger partial charge is 0.227 e. The molecule has 4 fully saturated rings. The number of rotatable bonds is 5. The van der Waals surface area contributed by atoms with Gasteiger partial charge >= 0.3 is 0 Å². The first kappa shape index (κ1) is 17.7. The minimum atomic E-state index is 0.140. The fourth-order valence-corrected chi connectivity index (χ4v) is 8.18. The Bertz CT molecular complexity index is 875. The Morgan fingerprint density at radius 2 is 2.00 bits per heavy atom. The Balaban J connectivity index is 1.37. The molecule has 0 saturated heterocycles. The highest BCUT2D eigenvalue weighted by atomic mass is 79.9. The zero-order chi connectivity index (χ0) is 18.6. The van der Waals surface area contributed by atoms with Crippen molar-refractivity contribution in [2.24, 2.45) is 17.3 Å². The number of aryl methyl sites for hydroxylation is 1. The van der Waals surface area contributed by atoms with Gasteiger partial charge in [-0.2, -0.15) is 0 Å². The quantitative estimate of drug-likeness (QED) is 0.636. The molecule has 0 unspecified atom stereocenters. The summed E-state index contributed by atoms with van der Waals surface area (Å²) >= 11 is 4.06. The molecule has 2 atom stereocenters. The van der Waals surface area contributed by atoms with Crippen molar-refractivity contribution in [2.45, 2.75) is 69.2 Å². The third kappa shape index (κ3) is 3.12. The van der Waals surface area contributed by atoms with Gasteiger partial charge in [0.1, 0.15) is 0 Å². The topological polar surface area (TPSA) is 46.9 Å². The normalized spacial score (nSPS) is 34.3. The summed E-state index contributed by atoms with van der Waals surface area (Å²) in [5.74, 6) is 2.47. The molecule has 1 heterocycles. The lowest BCUT2D eigenvalue weighted by Gasteiger charge is -2.60. The molecule has 1 amide bonds. The van der Waals surface area contributed by atoms with E-state index in [1.165, 1.54) is 32.1 Å². The number of hydrogen-bond donors (Lipinski definition) is 1. The number of fused-ring (bicyclic) bond motifs is 1. The average Bonchev–Trinajstić information content (AvgIpc) is 2.90. The Hall–Kier alpha value is -1.36. The van der Waals surface area contributed by atoms with Crippen molar-refractivity contribution in [2.75, 3.05) is 5.32 Å². The van der Waals surface area contributed by atoms with Crippen LogP contribution >= 0.6 is 15.9 Å². The number of benzene rings is 1. The van der Waals surface area contributed by atoms with Crippen molar-refractivity contribution in [1.82, 2.24) is 9.55 Å². The van der Waals surface area contributed by atoms with Crippen LogP contribution < -0.4 is 5.32 Å². The number of carbonyl (C=O) groups is 1. The first-order chi connectivity index (χ1) is 13.0. The summed E-state index contributed by atoms with van der Waals surface area (Å²) in [6.45, 7) is 3.03. The third-order valence-electron chi connectivity index (χ3n) is 7.00. The second-order valence-electron chi connectivity index (χ2n) is 9.41. The van der Waals surface area contributed by atoms with Gasteiger partial charge in [0.15, 0.2) is 0 Å². The number of hydrogen-bond acceptors (Lipinski definition) is 2. The standard InChI is InChI=1S/C22H28BrN3O/c1-2-7-26-18-6-4-3-5-17(18)24-20(26)25-19(27)13-21-9-15-8-16(10-21)12-22(23,11-15)14-21/h3-6,15-16H,2,7-14H2,1H3,(H,24,25,27)/t15-,16-,21?,22?/m1/s1. The molecule has 4 aliphatic rings. The van der Waals surface area contributed by atoms with Crippen LogP contribution in [0.2, 0.25) is 0 Å². The van der Waals surface area contributed by atoms with E-state index in [9.17, 15) is 4.79 Å². The minimum absolute atomic E-state index is 0.140. The molecule has 4 nitrogen and oxygen atoms in total. The van der Waals surface area contributed by atoms with E-state index in [4.69, 9.17) is 4.98 Å². The van der Waals surface area contributed by atoms with Gasteiger partial charge in [-0.25, -0.2) is 4.98 Å². The molecular formula is C22H28BrN3O. The number of amides is 1. The molecule has 1 aromatic heterocycles. The SMILES string of the molecule is CCCn1c(NC(=O)CC23C[C@H]4C[C@@H](CC(Br)(C4)C2)C3)nc2ccccc21. The summed E-state index contributed by atoms with van der Waals surface area (Å²) in [7, 11) is 0. The van der Waals surface area contributed by atoms with Crippen molar-refractivity contribution >= 4 is 38.8 Å². The summed E-state index contributed by atoms with van der Waals surface area (Å²) < 4.78 is 2.45. The van der Waals surface area contributed by atoms with E-state index < -0.39 is 0 Å². The summed E-state index contributed by atoms with van der Waals surface area (Å²) in [4.78, 5) is 17.8. The van der Waals surface area contributed by atoms with Gasteiger partial charge in [-0.15, -0.1) is 0 Å². The number of aromatic nitrogens is 2. The Morgan fingerprint density at radius 1 is 1.26 bits per heavy atom. The van der Waals surface area contributed by atoms with Crippen LogP contribution in [0.5, 0.6) is 0 Å². The lowest BCUT2D eigenvalue weighted by molar-refractivity contribution is -0.123. The molecule has 1 N–H and O–H groups in total. The molecule has 5 heteroatoms. The van der Waals surface area contributed by atoms with Crippen molar-refractivity contribution in [3.8, 4) is 0 Å². The molecule has 6 rings (SSSR count). The van der Waals surface area contributed by atoms with Gasteiger partial charge in [-0.1, -0.05) is 35.0 Å². The first-order valence-corrected chi connectivity index (χ1v) is 11.2. The number of para-hydroxylation sites is 2. The van der Waals surface area contributed by atoms with Crippen LogP contribution in [0.15, 0.2) is 24.3 Å². The number of nitrogens with zero attached hydrogens (tertiary/aromatic N) is 2. The number of anilines is 1.